The van der Waals surface area contributed by atoms with E-state index in [9.17, 15) is 4.79 Å². The standard InChI is InChI=1S/C11H8N4O/c12-11(16)7-1-2-9-8(3-7)10-4-13-5-15(10)6-14-9/h1-6H,(H2,12,16). The number of rotatable bonds is 1. The molecule has 0 saturated carbocycles. The zero-order valence-corrected chi connectivity index (χ0v) is 8.29. The maximum atomic E-state index is 11.1. The van der Waals surface area contributed by atoms with E-state index in [4.69, 9.17) is 5.73 Å². The number of nitrogens with two attached hydrogens (primary N) is 1. The van der Waals surface area contributed by atoms with Gasteiger partial charge in [0.2, 0.25) is 5.91 Å². The third-order valence-corrected chi connectivity index (χ3v) is 2.54. The molecular weight excluding hydrogens is 204 g/mol. The van der Waals surface area contributed by atoms with E-state index < -0.39 is 5.91 Å². The highest BCUT2D eigenvalue weighted by molar-refractivity contribution is 6.01. The Bertz CT molecular complexity index is 701. The first-order valence-corrected chi connectivity index (χ1v) is 4.76. The molecule has 0 aliphatic heterocycles. The number of hydrogen-bond acceptors (Lipinski definition) is 3. The Kier molecular flexibility index (Phi) is 1.67. The highest BCUT2D eigenvalue weighted by atomic mass is 16.1. The first-order chi connectivity index (χ1) is 7.75. The third kappa shape index (κ3) is 1.15. The molecule has 3 rings (SSSR count). The summed E-state index contributed by atoms with van der Waals surface area (Å²) in [6.07, 6.45) is 5.09. The van der Waals surface area contributed by atoms with Crippen molar-refractivity contribution >= 4 is 22.3 Å². The highest BCUT2D eigenvalue weighted by Crippen LogP contribution is 2.18. The molecule has 3 aromatic rings. The van der Waals surface area contributed by atoms with Crippen LogP contribution < -0.4 is 5.73 Å². The number of aromatic nitrogens is 3. The van der Waals surface area contributed by atoms with Crippen LogP contribution in [0.2, 0.25) is 0 Å². The van der Waals surface area contributed by atoms with Crippen LogP contribution in [0.3, 0.4) is 0 Å². The van der Waals surface area contributed by atoms with Gasteiger partial charge in [-0.05, 0) is 18.2 Å². The second-order valence-electron chi connectivity index (χ2n) is 3.53. The first-order valence-electron chi connectivity index (χ1n) is 4.76. The van der Waals surface area contributed by atoms with Crippen LogP contribution >= 0.6 is 0 Å². The molecule has 0 radical (unpaired) electrons. The van der Waals surface area contributed by atoms with Crippen molar-refractivity contribution in [2.45, 2.75) is 0 Å². The Morgan fingerprint density at radius 3 is 3.00 bits per heavy atom. The fourth-order valence-corrected chi connectivity index (χ4v) is 1.74. The average Bonchev–Trinajstić information content (AvgIpc) is 2.76. The molecule has 0 aliphatic rings. The molecule has 2 N–H and O–H groups in total. The molecule has 5 heteroatoms. The number of hydrogen-bond donors (Lipinski definition) is 1. The van der Waals surface area contributed by atoms with Crippen molar-refractivity contribution in [1.29, 1.82) is 0 Å². The van der Waals surface area contributed by atoms with Crippen LogP contribution in [0.5, 0.6) is 0 Å². The van der Waals surface area contributed by atoms with Crippen LogP contribution in [0.25, 0.3) is 16.4 Å². The molecule has 78 valence electrons. The van der Waals surface area contributed by atoms with Gasteiger partial charge in [0.1, 0.15) is 12.7 Å². The van der Waals surface area contributed by atoms with Crippen molar-refractivity contribution < 1.29 is 4.79 Å². The molecule has 1 amide bonds. The van der Waals surface area contributed by atoms with Crippen molar-refractivity contribution in [3.63, 3.8) is 0 Å². The minimum atomic E-state index is -0.441. The quantitative estimate of drug-likeness (QED) is 0.653. The van der Waals surface area contributed by atoms with Crippen LogP contribution in [-0.4, -0.2) is 20.3 Å². The van der Waals surface area contributed by atoms with Crippen molar-refractivity contribution in [2.75, 3.05) is 0 Å². The molecule has 0 atom stereocenters. The summed E-state index contributed by atoms with van der Waals surface area (Å²) in [4.78, 5) is 19.4. The number of benzene rings is 1. The largest absolute Gasteiger partial charge is 0.366 e. The second-order valence-corrected chi connectivity index (χ2v) is 3.53. The molecule has 0 unspecified atom stereocenters. The molecule has 1 aromatic carbocycles. The molecule has 0 aliphatic carbocycles. The molecule has 0 saturated heterocycles. The van der Waals surface area contributed by atoms with E-state index in [-0.39, 0.29) is 0 Å². The summed E-state index contributed by atoms with van der Waals surface area (Å²) in [5.41, 5.74) is 7.45. The average molecular weight is 212 g/mol. The second kappa shape index (κ2) is 3.03. The van der Waals surface area contributed by atoms with Crippen molar-refractivity contribution in [1.82, 2.24) is 14.4 Å². The smallest absolute Gasteiger partial charge is 0.248 e. The van der Waals surface area contributed by atoms with Gasteiger partial charge >= 0.3 is 0 Å². The summed E-state index contributed by atoms with van der Waals surface area (Å²) in [5.74, 6) is -0.441. The normalized spacial score (nSPS) is 11.0. The zero-order chi connectivity index (χ0) is 11.1. The van der Waals surface area contributed by atoms with E-state index >= 15 is 0 Å². The minimum Gasteiger partial charge on any atom is -0.366 e. The topological polar surface area (TPSA) is 73.3 Å². The van der Waals surface area contributed by atoms with Crippen molar-refractivity contribution in [3.8, 4) is 0 Å². The fraction of sp³-hybridized carbons (Fsp3) is 0. The van der Waals surface area contributed by atoms with Gasteiger partial charge in [-0.25, -0.2) is 9.97 Å². The molecule has 0 bridgehead atoms. The Balaban J connectivity index is 2.46. The Morgan fingerprint density at radius 1 is 1.31 bits per heavy atom. The lowest BCUT2D eigenvalue weighted by molar-refractivity contribution is 0.100. The SMILES string of the molecule is NC(=O)c1ccc2ncn3cncc3c2c1. The lowest BCUT2D eigenvalue weighted by Gasteiger charge is -2.01. The number of nitrogens with zero attached hydrogens (tertiary/aromatic N) is 3. The van der Waals surface area contributed by atoms with Gasteiger partial charge < -0.3 is 5.73 Å². The molecule has 16 heavy (non-hydrogen) atoms. The summed E-state index contributed by atoms with van der Waals surface area (Å²) in [5, 5.41) is 0.872. The number of fused-ring (bicyclic) bond motifs is 3. The van der Waals surface area contributed by atoms with Crippen LogP contribution in [-0.2, 0) is 0 Å². The monoisotopic (exact) mass is 212 g/mol. The Labute approximate surface area is 90.5 Å². The molecule has 2 heterocycles. The van der Waals surface area contributed by atoms with Gasteiger partial charge in [-0.3, -0.25) is 9.20 Å². The van der Waals surface area contributed by atoms with E-state index in [0.717, 1.165) is 16.4 Å². The van der Waals surface area contributed by atoms with Crippen LogP contribution in [0.4, 0.5) is 0 Å². The maximum absolute atomic E-state index is 11.1. The van der Waals surface area contributed by atoms with Gasteiger partial charge in [-0.2, -0.15) is 0 Å². The summed E-state index contributed by atoms with van der Waals surface area (Å²) in [6, 6.07) is 5.19. The lowest BCUT2D eigenvalue weighted by Crippen LogP contribution is -2.10. The van der Waals surface area contributed by atoms with E-state index in [1.807, 2.05) is 0 Å². The zero-order valence-electron chi connectivity index (χ0n) is 8.29. The van der Waals surface area contributed by atoms with E-state index in [2.05, 4.69) is 9.97 Å². The van der Waals surface area contributed by atoms with Gasteiger partial charge in [0.15, 0.2) is 0 Å². The predicted molar refractivity (Wildman–Crippen MR) is 59.0 cm³/mol. The summed E-state index contributed by atoms with van der Waals surface area (Å²) in [7, 11) is 0. The van der Waals surface area contributed by atoms with Crippen LogP contribution in [0.1, 0.15) is 10.4 Å². The number of amides is 1. The molecule has 0 spiro atoms. The summed E-state index contributed by atoms with van der Waals surface area (Å²) < 4.78 is 1.80. The molecule has 0 fully saturated rings. The Hall–Kier alpha value is -2.43. The third-order valence-electron chi connectivity index (χ3n) is 2.54. The molecular formula is C11H8N4O. The summed E-state index contributed by atoms with van der Waals surface area (Å²) >= 11 is 0. The summed E-state index contributed by atoms with van der Waals surface area (Å²) in [6.45, 7) is 0. The number of imidazole rings is 1. The number of primary amides is 1. The van der Waals surface area contributed by atoms with Gasteiger partial charge in [0.05, 0.1) is 17.2 Å². The first kappa shape index (κ1) is 8.84. The van der Waals surface area contributed by atoms with E-state index in [1.54, 1.807) is 41.5 Å². The number of carbonyl (C=O) groups is 1. The number of carbonyl (C=O) groups excluding carboxylic acids is 1. The lowest BCUT2D eigenvalue weighted by atomic mass is 10.1. The Morgan fingerprint density at radius 2 is 2.19 bits per heavy atom. The van der Waals surface area contributed by atoms with E-state index in [1.165, 1.54) is 0 Å². The minimum absolute atomic E-state index is 0.441. The van der Waals surface area contributed by atoms with Gasteiger partial charge in [-0.15, -0.1) is 0 Å². The van der Waals surface area contributed by atoms with Crippen molar-refractivity contribution in [2.24, 2.45) is 5.73 Å². The van der Waals surface area contributed by atoms with E-state index in [0.29, 0.717) is 5.56 Å². The van der Waals surface area contributed by atoms with Gasteiger partial charge in [0.25, 0.3) is 0 Å². The maximum Gasteiger partial charge on any atom is 0.248 e. The fourth-order valence-electron chi connectivity index (χ4n) is 1.74. The van der Waals surface area contributed by atoms with Crippen LogP contribution in [0, 0.1) is 0 Å². The van der Waals surface area contributed by atoms with Gasteiger partial charge in [-0.1, -0.05) is 0 Å². The predicted octanol–water partition coefficient (Wildman–Crippen LogP) is 0.981. The van der Waals surface area contributed by atoms with Gasteiger partial charge in [0, 0.05) is 10.9 Å². The highest BCUT2D eigenvalue weighted by Gasteiger charge is 2.05. The molecule has 2 aromatic heterocycles. The molecule has 5 nitrogen and oxygen atoms in total. The van der Waals surface area contributed by atoms with Crippen molar-refractivity contribution in [3.05, 3.63) is 42.6 Å². The van der Waals surface area contributed by atoms with Crippen LogP contribution in [0.15, 0.2) is 37.1 Å².